The van der Waals surface area contributed by atoms with Crippen molar-refractivity contribution in [2.45, 2.75) is 64.5 Å². The summed E-state index contributed by atoms with van der Waals surface area (Å²) >= 11 is 0. The normalized spacial score (nSPS) is 18.4. The van der Waals surface area contributed by atoms with Crippen molar-refractivity contribution in [1.29, 1.82) is 0 Å². The Labute approximate surface area is 161 Å². The molecular weight excluding hydrogens is 338 g/mol. The maximum atomic E-state index is 12.7. The van der Waals surface area contributed by atoms with Crippen LogP contribution in [0.15, 0.2) is 36.9 Å². The molecule has 2 aliphatic carbocycles. The zero-order valence-corrected chi connectivity index (χ0v) is 16.1. The van der Waals surface area contributed by atoms with Crippen LogP contribution in [-0.2, 0) is 24.2 Å². The number of aromatic nitrogens is 2. The van der Waals surface area contributed by atoms with E-state index in [0.717, 1.165) is 38.0 Å². The monoisotopic (exact) mass is 367 g/mol. The zero-order chi connectivity index (χ0) is 18.7. The fourth-order valence-electron chi connectivity index (χ4n) is 3.99. The molecule has 5 nitrogen and oxygen atoms in total. The van der Waals surface area contributed by atoms with Crippen molar-refractivity contribution in [1.82, 2.24) is 14.9 Å². The molecule has 1 amide bonds. The third-order valence-corrected chi connectivity index (χ3v) is 5.93. The summed E-state index contributed by atoms with van der Waals surface area (Å²) in [5, 5.41) is 3.13. The van der Waals surface area contributed by atoms with Crippen LogP contribution in [0.25, 0.3) is 0 Å². The van der Waals surface area contributed by atoms with Crippen LogP contribution in [-0.4, -0.2) is 28.1 Å². The molecule has 5 heteroatoms. The SMILES string of the molecule is CCC(Oc1ccc2c(c1)CCCC2)C(=O)NCC1(Cn2ccnc2)CC1. The van der Waals surface area contributed by atoms with Crippen LogP contribution in [0.4, 0.5) is 0 Å². The van der Waals surface area contributed by atoms with Crippen LogP contribution in [0, 0.1) is 5.41 Å². The number of nitrogens with zero attached hydrogens (tertiary/aromatic N) is 2. The molecule has 4 rings (SSSR count). The minimum absolute atomic E-state index is 0.00729. The zero-order valence-electron chi connectivity index (χ0n) is 16.1. The second-order valence-corrected chi connectivity index (χ2v) is 8.11. The lowest BCUT2D eigenvalue weighted by molar-refractivity contribution is -0.128. The van der Waals surface area contributed by atoms with E-state index in [0.29, 0.717) is 13.0 Å². The standard InChI is InChI=1S/C22H29N3O2/c1-2-20(27-19-8-7-17-5-3-4-6-18(17)13-19)21(26)24-14-22(9-10-22)15-25-12-11-23-16-25/h7-8,11-13,16,20H,2-6,9-10,14-15H2,1H3,(H,24,26). The first-order chi connectivity index (χ1) is 13.2. The number of aryl methyl sites for hydroxylation is 2. The van der Waals surface area contributed by atoms with Crippen LogP contribution in [0.5, 0.6) is 5.75 Å². The third kappa shape index (κ3) is 4.34. The van der Waals surface area contributed by atoms with Gasteiger partial charge in [0, 0.05) is 30.9 Å². The minimum atomic E-state index is -0.435. The lowest BCUT2D eigenvalue weighted by atomic mass is 9.92. The van der Waals surface area contributed by atoms with Gasteiger partial charge in [0.15, 0.2) is 6.10 Å². The second kappa shape index (κ2) is 7.75. The summed E-state index contributed by atoms with van der Waals surface area (Å²) in [5.41, 5.74) is 2.99. The predicted octanol–water partition coefficient (Wildman–Crippen LogP) is 3.52. The topological polar surface area (TPSA) is 56.1 Å². The number of hydrogen-bond acceptors (Lipinski definition) is 3. The van der Waals surface area contributed by atoms with Gasteiger partial charge in [0.05, 0.1) is 6.33 Å². The number of benzene rings is 1. The summed E-state index contributed by atoms with van der Waals surface area (Å²) in [6, 6.07) is 6.31. The average molecular weight is 367 g/mol. The number of fused-ring (bicyclic) bond motifs is 1. The van der Waals surface area contributed by atoms with E-state index < -0.39 is 6.10 Å². The van der Waals surface area contributed by atoms with E-state index in [1.807, 2.05) is 25.5 Å². The van der Waals surface area contributed by atoms with Crippen LogP contribution < -0.4 is 10.1 Å². The molecule has 1 saturated carbocycles. The molecule has 144 valence electrons. The van der Waals surface area contributed by atoms with Gasteiger partial charge < -0.3 is 14.6 Å². The summed E-state index contributed by atoms with van der Waals surface area (Å²) in [6.45, 7) is 3.62. The Hall–Kier alpha value is -2.30. The maximum absolute atomic E-state index is 12.7. The van der Waals surface area contributed by atoms with E-state index in [-0.39, 0.29) is 11.3 Å². The van der Waals surface area contributed by atoms with Crippen molar-refractivity contribution in [2.24, 2.45) is 5.41 Å². The van der Waals surface area contributed by atoms with Crippen LogP contribution >= 0.6 is 0 Å². The fourth-order valence-corrected chi connectivity index (χ4v) is 3.99. The fraction of sp³-hybridized carbons (Fsp3) is 0.545. The molecule has 2 aliphatic rings. The highest BCUT2D eigenvalue weighted by Gasteiger charge is 2.43. The number of carbonyl (C=O) groups is 1. The molecule has 1 aromatic heterocycles. The van der Waals surface area contributed by atoms with Crippen molar-refractivity contribution >= 4 is 5.91 Å². The Morgan fingerprint density at radius 1 is 1.30 bits per heavy atom. The van der Waals surface area contributed by atoms with Gasteiger partial charge >= 0.3 is 0 Å². The molecule has 0 spiro atoms. The first kappa shape index (κ1) is 18.1. The number of amides is 1. The Morgan fingerprint density at radius 2 is 2.11 bits per heavy atom. The molecule has 1 fully saturated rings. The van der Waals surface area contributed by atoms with Gasteiger partial charge in [0.1, 0.15) is 5.75 Å². The van der Waals surface area contributed by atoms with E-state index >= 15 is 0 Å². The summed E-state index contributed by atoms with van der Waals surface area (Å²) in [7, 11) is 0. The summed E-state index contributed by atoms with van der Waals surface area (Å²) in [6.07, 6.45) is 12.9. The van der Waals surface area contributed by atoms with Crippen LogP contribution in [0.1, 0.15) is 50.2 Å². The van der Waals surface area contributed by atoms with Crippen molar-refractivity contribution in [3.05, 3.63) is 48.0 Å². The van der Waals surface area contributed by atoms with Gasteiger partial charge in [-0.3, -0.25) is 4.79 Å². The number of hydrogen-bond donors (Lipinski definition) is 1. The number of imidazole rings is 1. The molecule has 1 atom stereocenters. The highest BCUT2D eigenvalue weighted by molar-refractivity contribution is 5.81. The molecule has 1 heterocycles. The molecule has 0 saturated heterocycles. The van der Waals surface area contributed by atoms with Gasteiger partial charge in [0.2, 0.25) is 0 Å². The van der Waals surface area contributed by atoms with Gasteiger partial charge in [-0.05, 0) is 68.2 Å². The molecule has 27 heavy (non-hydrogen) atoms. The molecule has 1 aromatic carbocycles. The number of carbonyl (C=O) groups excluding carboxylic acids is 1. The van der Waals surface area contributed by atoms with Crippen molar-refractivity contribution in [2.75, 3.05) is 6.54 Å². The Kier molecular flexibility index (Phi) is 5.19. The van der Waals surface area contributed by atoms with E-state index in [2.05, 4.69) is 27.0 Å². The number of nitrogens with one attached hydrogen (secondary N) is 1. The quantitative estimate of drug-likeness (QED) is 0.777. The lowest BCUT2D eigenvalue weighted by Crippen LogP contribution is -2.41. The van der Waals surface area contributed by atoms with Gasteiger partial charge in [-0.25, -0.2) is 4.98 Å². The van der Waals surface area contributed by atoms with Crippen LogP contribution in [0.2, 0.25) is 0 Å². The van der Waals surface area contributed by atoms with Gasteiger partial charge in [0.25, 0.3) is 5.91 Å². The summed E-state index contributed by atoms with van der Waals surface area (Å²) in [4.78, 5) is 16.8. The van der Waals surface area contributed by atoms with E-state index in [4.69, 9.17) is 4.74 Å². The highest BCUT2D eigenvalue weighted by Crippen LogP contribution is 2.46. The summed E-state index contributed by atoms with van der Waals surface area (Å²) < 4.78 is 8.15. The maximum Gasteiger partial charge on any atom is 0.261 e. The summed E-state index contributed by atoms with van der Waals surface area (Å²) in [5.74, 6) is 0.810. The Morgan fingerprint density at radius 3 is 2.81 bits per heavy atom. The van der Waals surface area contributed by atoms with Crippen molar-refractivity contribution in [3.8, 4) is 5.75 Å². The minimum Gasteiger partial charge on any atom is -0.481 e. The molecule has 0 radical (unpaired) electrons. The first-order valence-corrected chi connectivity index (χ1v) is 10.2. The Bertz CT molecular complexity index is 781. The predicted molar refractivity (Wildman–Crippen MR) is 105 cm³/mol. The smallest absolute Gasteiger partial charge is 0.261 e. The first-order valence-electron chi connectivity index (χ1n) is 10.2. The van der Waals surface area contributed by atoms with E-state index in [9.17, 15) is 4.79 Å². The largest absolute Gasteiger partial charge is 0.481 e. The molecular formula is C22H29N3O2. The molecule has 1 N–H and O–H groups in total. The molecule has 0 bridgehead atoms. The molecule has 2 aromatic rings. The van der Waals surface area contributed by atoms with Gasteiger partial charge in [-0.2, -0.15) is 0 Å². The third-order valence-electron chi connectivity index (χ3n) is 5.93. The van der Waals surface area contributed by atoms with Crippen molar-refractivity contribution < 1.29 is 9.53 Å². The van der Waals surface area contributed by atoms with E-state index in [1.165, 1.54) is 24.0 Å². The number of rotatable bonds is 8. The highest BCUT2D eigenvalue weighted by atomic mass is 16.5. The average Bonchev–Trinajstić information content (AvgIpc) is 3.27. The Balaban J connectivity index is 1.33. The van der Waals surface area contributed by atoms with Gasteiger partial charge in [-0.15, -0.1) is 0 Å². The number of ether oxygens (including phenoxy) is 1. The molecule has 1 unspecified atom stereocenters. The van der Waals surface area contributed by atoms with Gasteiger partial charge in [-0.1, -0.05) is 13.0 Å². The van der Waals surface area contributed by atoms with E-state index in [1.54, 1.807) is 6.20 Å². The van der Waals surface area contributed by atoms with Crippen molar-refractivity contribution in [3.63, 3.8) is 0 Å². The lowest BCUT2D eigenvalue weighted by Gasteiger charge is -2.22. The van der Waals surface area contributed by atoms with Crippen LogP contribution in [0.3, 0.4) is 0 Å². The molecule has 0 aliphatic heterocycles. The second-order valence-electron chi connectivity index (χ2n) is 8.11.